The Morgan fingerprint density at radius 1 is 1.50 bits per heavy atom. The second-order valence-corrected chi connectivity index (χ2v) is 4.58. The van der Waals surface area contributed by atoms with Crippen molar-refractivity contribution in [1.29, 1.82) is 0 Å². The summed E-state index contributed by atoms with van der Waals surface area (Å²) in [5.74, 6) is -0.282. The van der Waals surface area contributed by atoms with Gasteiger partial charge in [0.05, 0.1) is 11.9 Å². The molecule has 0 aromatic rings. The van der Waals surface area contributed by atoms with Crippen molar-refractivity contribution in [3.8, 4) is 0 Å². The van der Waals surface area contributed by atoms with Gasteiger partial charge in [0.15, 0.2) is 0 Å². The topological polar surface area (TPSA) is 86.2 Å². The molecule has 0 aliphatic carbocycles. The fourth-order valence-corrected chi connectivity index (χ4v) is 1.25. The minimum Gasteiger partial charge on any atom is -0.315 e. The first-order valence-corrected chi connectivity index (χ1v) is 4.58. The Morgan fingerprint density at radius 2 is 1.88 bits per heavy atom. The molecule has 0 saturated carbocycles. The molecule has 4 N–H and O–H groups in total. The average Bonchev–Trinajstić information content (AvgIpc) is 1.21. The molecule has 0 aliphatic heterocycles. The molecule has 0 amide bonds. The molecular weight excluding hydrogens is 148 g/mol. The van der Waals surface area contributed by atoms with Gasteiger partial charge in [0.2, 0.25) is 8.87 Å². The van der Waals surface area contributed by atoms with E-state index in [9.17, 15) is 8.42 Å². The molecule has 0 rings (SSSR count). The lowest BCUT2D eigenvalue weighted by Crippen LogP contribution is -2.36. The molecule has 8 heavy (non-hydrogen) atoms. The molecule has 0 spiro atoms. The lowest BCUT2D eigenvalue weighted by Gasteiger charge is -1.98. The van der Waals surface area contributed by atoms with E-state index in [2.05, 4.69) is 11.7 Å². The van der Waals surface area contributed by atoms with Crippen LogP contribution in [0.2, 0.25) is 0 Å². The molecule has 0 aromatic heterocycles. The van der Waals surface area contributed by atoms with Gasteiger partial charge in [0, 0.05) is 0 Å². The number of hydrogen-bond acceptors (Lipinski definition) is 4. The highest BCUT2D eigenvalue weighted by molar-refractivity contribution is 8.63. The van der Waals surface area contributed by atoms with Crippen LogP contribution in [0.3, 0.4) is 0 Å². The Balaban J connectivity index is 3.75. The Kier molecular flexibility index (Phi) is 2.75. The summed E-state index contributed by atoms with van der Waals surface area (Å²) in [6.07, 6.45) is -0.822. The van der Waals surface area contributed by atoms with E-state index in [1.807, 2.05) is 0 Å². The third-order valence-corrected chi connectivity index (χ3v) is 1.66. The highest BCUT2D eigenvalue weighted by atomic mass is 33.1. The van der Waals surface area contributed by atoms with Crippen LogP contribution in [0.25, 0.3) is 0 Å². The zero-order valence-electron chi connectivity index (χ0n) is 4.11. The van der Waals surface area contributed by atoms with Gasteiger partial charge < -0.3 is 11.5 Å². The van der Waals surface area contributed by atoms with Crippen molar-refractivity contribution in [3.63, 3.8) is 0 Å². The molecule has 50 valence electrons. The maximum absolute atomic E-state index is 10.1. The predicted molar refractivity (Wildman–Crippen MR) is 34.9 cm³/mol. The first kappa shape index (κ1) is 8.22. The van der Waals surface area contributed by atoms with Crippen molar-refractivity contribution in [1.82, 2.24) is 0 Å². The van der Waals surface area contributed by atoms with Gasteiger partial charge in [-0.3, -0.25) is 0 Å². The molecule has 0 aromatic carbocycles. The first-order valence-electron chi connectivity index (χ1n) is 1.88. The van der Waals surface area contributed by atoms with E-state index < -0.39 is 15.0 Å². The van der Waals surface area contributed by atoms with Crippen LogP contribution in [0.15, 0.2) is 0 Å². The van der Waals surface area contributed by atoms with E-state index in [0.717, 1.165) is 0 Å². The van der Waals surface area contributed by atoms with Crippen molar-refractivity contribution in [2.24, 2.45) is 11.5 Å². The Bertz CT molecular complexity index is 149. The van der Waals surface area contributed by atoms with Gasteiger partial charge in [-0.2, -0.15) is 0 Å². The summed E-state index contributed by atoms with van der Waals surface area (Å²) in [7, 11) is -3.28. The standard InChI is InChI=1S/C2H8N2O2S2/c3-2(4)1-8(5,6)7/h2H,1,3-4H2,(H,5,6,7). The zero-order chi connectivity index (χ0) is 6.78. The number of nitrogens with two attached hydrogens (primary N) is 2. The average molecular weight is 156 g/mol. The fourth-order valence-electron chi connectivity index (χ4n) is 0.243. The van der Waals surface area contributed by atoms with E-state index in [-0.39, 0.29) is 5.75 Å². The third kappa shape index (κ3) is 6.22. The molecule has 6 heteroatoms. The van der Waals surface area contributed by atoms with Crippen LogP contribution in [0.1, 0.15) is 0 Å². The number of hydrogen-bond donors (Lipinski definition) is 3. The second-order valence-electron chi connectivity index (χ2n) is 1.41. The van der Waals surface area contributed by atoms with E-state index in [1.165, 1.54) is 0 Å². The summed E-state index contributed by atoms with van der Waals surface area (Å²) in [5.41, 5.74) is 9.86. The van der Waals surface area contributed by atoms with Crippen LogP contribution in [0, 0.1) is 0 Å². The number of rotatable bonds is 2. The van der Waals surface area contributed by atoms with Crippen molar-refractivity contribution >= 4 is 20.5 Å². The van der Waals surface area contributed by atoms with Crippen LogP contribution in [-0.4, -0.2) is 20.3 Å². The Labute approximate surface area is 53.0 Å². The molecule has 0 saturated heterocycles. The summed E-state index contributed by atoms with van der Waals surface area (Å²) in [4.78, 5) is 0. The highest BCUT2D eigenvalue weighted by Gasteiger charge is 2.05. The summed E-state index contributed by atoms with van der Waals surface area (Å²) in [5, 5.41) is 0. The molecule has 0 atom stereocenters. The molecule has 0 fully saturated rings. The van der Waals surface area contributed by atoms with Gasteiger partial charge in [0.25, 0.3) is 0 Å². The predicted octanol–water partition coefficient (Wildman–Crippen LogP) is -1.51. The Hall–Kier alpha value is 0.220. The van der Waals surface area contributed by atoms with Gasteiger partial charge in [-0.15, -0.1) is 0 Å². The smallest absolute Gasteiger partial charge is 0.201 e. The normalized spacial score (nSPS) is 12.5. The van der Waals surface area contributed by atoms with Crippen LogP contribution >= 0.6 is 11.7 Å². The molecule has 0 unspecified atom stereocenters. The van der Waals surface area contributed by atoms with E-state index in [1.54, 1.807) is 0 Å². The van der Waals surface area contributed by atoms with Crippen LogP contribution < -0.4 is 11.5 Å². The summed E-state index contributed by atoms with van der Waals surface area (Å²) in [6.45, 7) is 0. The minimum atomic E-state index is -3.28. The molecule has 0 aliphatic rings. The molecule has 0 heterocycles. The second kappa shape index (κ2) is 2.67. The highest BCUT2D eigenvalue weighted by Crippen LogP contribution is 1.93. The molecule has 4 nitrogen and oxygen atoms in total. The zero-order valence-corrected chi connectivity index (χ0v) is 5.82. The van der Waals surface area contributed by atoms with Gasteiger partial charge in [0.1, 0.15) is 0 Å². The maximum atomic E-state index is 10.1. The molecular formula is C2H8N2O2S2. The van der Waals surface area contributed by atoms with Crippen LogP contribution in [0.5, 0.6) is 0 Å². The quantitative estimate of drug-likeness (QED) is 0.258. The molecule has 0 radical (unpaired) electrons. The maximum Gasteiger partial charge on any atom is 0.201 e. The van der Waals surface area contributed by atoms with E-state index >= 15 is 0 Å². The van der Waals surface area contributed by atoms with Gasteiger partial charge in [-0.05, 0) is 11.7 Å². The van der Waals surface area contributed by atoms with Gasteiger partial charge in [-0.1, -0.05) is 0 Å². The minimum absolute atomic E-state index is 0.282. The van der Waals surface area contributed by atoms with Crippen LogP contribution in [-0.2, 0) is 8.87 Å². The first-order chi connectivity index (χ1) is 3.42. The summed E-state index contributed by atoms with van der Waals surface area (Å²) in [6, 6.07) is 0. The van der Waals surface area contributed by atoms with Crippen molar-refractivity contribution in [3.05, 3.63) is 0 Å². The van der Waals surface area contributed by atoms with Crippen LogP contribution in [0.4, 0.5) is 0 Å². The van der Waals surface area contributed by atoms with Crippen molar-refractivity contribution in [2.45, 2.75) is 6.17 Å². The summed E-state index contributed by atoms with van der Waals surface area (Å²) < 4.78 is 20.3. The summed E-state index contributed by atoms with van der Waals surface area (Å²) >= 11 is 3.21. The third-order valence-electron chi connectivity index (χ3n) is 0.403. The molecule has 0 bridgehead atoms. The monoisotopic (exact) mass is 156 g/mol. The van der Waals surface area contributed by atoms with E-state index in [4.69, 9.17) is 11.5 Å². The number of thiol groups is 1. The lowest BCUT2D eigenvalue weighted by molar-refractivity contribution is 0.603. The van der Waals surface area contributed by atoms with Gasteiger partial charge in [-0.25, -0.2) is 8.42 Å². The Morgan fingerprint density at radius 3 is 1.88 bits per heavy atom. The largest absolute Gasteiger partial charge is 0.315 e. The SMILES string of the molecule is NC(N)CS(=O)(=O)S. The van der Waals surface area contributed by atoms with E-state index in [0.29, 0.717) is 0 Å². The van der Waals surface area contributed by atoms with Crippen molar-refractivity contribution < 1.29 is 8.42 Å². The van der Waals surface area contributed by atoms with Crippen molar-refractivity contribution in [2.75, 3.05) is 5.75 Å². The lowest BCUT2D eigenvalue weighted by atomic mass is 10.7. The fraction of sp³-hybridized carbons (Fsp3) is 1.00. The van der Waals surface area contributed by atoms with Gasteiger partial charge >= 0.3 is 0 Å².